The van der Waals surface area contributed by atoms with Crippen molar-refractivity contribution in [3.8, 4) is 0 Å². The van der Waals surface area contributed by atoms with Gasteiger partial charge in [-0.3, -0.25) is 0 Å². The van der Waals surface area contributed by atoms with Crippen LogP contribution < -0.4 is 0 Å². The van der Waals surface area contributed by atoms with Crippen molar-refractivity contribution in [1.29, 1.82) is 0 Å². The van der Waals surface area contributed by atoms with Gasteiger partial charge in [0.2, 0.25) is 0 Å². The van der Waals surface area contributed by atoms with E-state index >= 15 is 0 Å². The minimum Gasteiger partial charge on any atom is -0.364 e. The zero-order chi connectivity index (χ0) is 7.42. The van der Waals surface area contributed by atoms with Crippen LogP contribution in [-0.2, 0) is 11.2 Å². The van der Waals surface area contributed by atoms with Crippen LogP contribution in [-0.4, -0.2) is 6.10 Å². The summed E-state index contributed by atoms with van der Waals surface area (Å²) < 4.78 is 5.43. The summed E-state index contributed by atoms with van der Waals surface area (Å²) in [5.41, 5.74) is 4.40. The summed E-state index contributed by atoms with van der Waals surface area (Å²) in [4.78, 5) is 0. The van der Waals surface area contributed by atoms with Crippen LogP contribution in [0.15, 0.2) is 18.2 Å². The fourth-order valence-corrected chi connectivity index (χ4v) is 2.04. The van der Waals surface area contributed by atoms with Crippen LogP contribution in [0.25, 0.3) is 0 Å². The van der Waals surface area contributed by atoms with E-state index in [-0.39, 0.29) is 0 Å². The number of rotatable bonds is 0. The maximum Gasteiger partial charge on any atom is 0.110 e. The first kappa shape index (κ1) is 5.78. The monoisotopic (exact) mass is 146 g/mol. The highest BCUT2D eigenvalue weighted by Crippen LogP contribution is 2.49. The van der Waals surface area contributed by atoms with Gasteiger partial charge in [-0.2, -0.15) is 0 Å². The summed E-state index contributed by atoms with van der Waals surface area (Å²) >= 11 is 0. The van der Waals surface area contributed by atoms with Crippen molar-refractivity contribution in [2.24, 2.45) is 0 Å². The SMILES string of the molecule is Cc1cccc2c1C[C@H]1O[C@@H]21. The molecule has 1 aliphatic carbocycles. The molecule has 56 valence electrons. The third kappa shape index (κ3) is 0.641. The van der Waals surface area contributed by atoms with E-state index in [4.69, 9.17) is 4.74 Å². The lowest BCUT2D eigenvalue weighted by atomic mass is 10.0. The molecule has 0 saturated carbocycles. The first-order chi connectivity index (χ1) is 5.36. The second kappa shape index (κ2) is 1.67. The second-order valence-corrected chi connectivity index (χ2v) is 3.44. The average molecular weight is 146 g/mol. The quantitative estimate of drug-likeness (QED) is 0.510. The van der Waals surface area contributed by atoms with Crippen LogP contribution in [0, 0.1) is 6.92 Å². The van der Waals surface area contributed by atoms with Crippen molar-refractivity contribution in [2.75, 3.05) is 0 Å². The highest BCUT2D eigenvalue weighted by molar-refractivity contribution is 5.43. The first-order valence-corrected chi connectivity index (χ1v) is 4.10. The summed E-state index contributed by atoms with van der Waals surface area (Å²) in [5.74, 6) is 0. The van der Waals surface area contributed by atoms with E-state index in [0.717, 1.165) is 6.42 Å². The summed E-state index contributed by atoms with van der Waals surface area (Å²) in [6.07, 6.45) is 2.14. The van der Waals surface area contributed by atoms with Gasteiger partial charge in [-0.25, -0.2) is 0 Å². The minimum atomic E-state index is 0.463. The van der Waals surface area contributed by atoms with Gasteiger partial charge in [-0.1, -0.05) is 18.2 Å². The van der Waals surface area contributed by atoms with E-state index in [0.29, 0.717) is 12.2 Å². The molecule has 0 aromatic heterocycles. The van der Waals surface area contributed by atoms with Crippen molar-refractivity contribution in [1.82, 2.24) is 0 Å². The Morgan fingerprint density at radius 1 is 1.45 bits per heavy atom. The molecule has 1 aromatic carbocycles. The topological polar surface area (TPSA) is 12.5 Å². The van der Waals surface area contributed by atoms with Gasteiger partial charge in [0.1, 0.15) is 6.10 Å². The van der Waals surface area contributed by atoms with E-state index in [1.165, 1.54) is 16.7 Å². The molecule has 1 saturated heterocycles. The van der Waals surface area contributed by atoms with Gasteiger partial charge in [0.05, 0.1) is 6.10 Å². The summed E-state index contributed by atoms with van der Waals surface area (Å²) in [7, 11) is 0. The zero-order valence-corrected chi connectivity index (χ0v) is 6.50. The highest BCUT2D eigenvalue weighted by atomic mass is 16.6. The van der Waals surface area contributed by atoms with Gasteiger partial charge in [0.15, 0.2) is 0 Å². The van der Waals surface area contributed by atoms with Crippen LogP contribution in [0.4, 0.5) is 0 Å². The van der Waals surface area contributed by atoms with E-state index < -0.39 is 0 Å². The van der Waals surface area contributed by atoms with Gasteiger partial charge in [-0.15, -0.1) is 0 Å². The standard InChI is InChI=1S/C10H10O/c1-6-3-2-4-7-8(6)5-9-10(7)11-9/h2-4,9-10H,5H2,1H3/t9-,10+/m1/s1. The smallest absolute Gasteiger partial charge is 0.110 e. The molecule has 0 amide bonds. The molecule has 0 N–H and O–H groups in total. The average Bonchev–Trinajstić information content (AvgIpc) is 2.67. The lowest BCUT2D eigenvalue weighted by Gasteiger charge is -2.04. The molecule has 1 aliphatic heterocycles. The van der Waals surface area contributed by atoms with Crippen LogP contribution >= 0.6 is 0 Å². The molecule has 1 heterocycles. The predicted octanol–water partition coefficient (Wildman–Crippen LogP) is 1.99. The molecule has 0 bridgehead atoms. The van der Waals surface area contributed by atoms with E-state index in [2.05, 4.69) is 25.1 Å². The molecule has 1 nitrogen and oxygen atoms in total. The van der Waals surface area contributed by atoms with Crippen molar-refractivity contribution in [2.45, 2.75) is 25.6 Å². The third-order valence-corrected chi connectivity index (χ3v) is 2.74. The molecule has 0 radical (unpaired) electrons. The lowest BCUT2D eigenvalue weighted by Crippen LogP contribution is -1.92. The van der Waals surface area contributed by atoms with Gasteiger partial charge in [-0.05, 0) is 23.6 Å². The van der Waals surface area contributed by atoms with Gasteiger partial charge in [0, 0.05) is 6.42 Å². The molecule has 2 atom stereocenters. The molecule has 2 aliphatic rings. The van der Waals surface area contributed by atoms with Crippen LogP contribution in [0.3, 0.4) is 0 Å². The Balaban J connectivity index is 2.24. The van der Waals surface area contributed by atoms with Crippen molar-refractivity contribution in [3.63, 3.8) is 0 Å². The normalized spacial score (nSPS) is 31.4. The minimum absolute atomic E-state index is 0.463. The second-order valence-electron chi connectivity index (χ2n) is 3.44. The van der Waals surface area contributed by atoms with Crippen LogP contribution in [0.2, 0.25) is 0 Å². The molecule has 11 heavy (non-hydrogen) atoms. The Kier molecular flexibility index (Phi) is 0.878. The van der Waals surface area contributed by atoms with E-state index in [1.54, 1.807) is 0 Å². The molecular weight excluding hydrogens is 136 g/mol. The van der Waals surface area contributed by atoms with Crippen molar-refractivity contribution < 1.29 is 4.74 Å². The highest BCUT2D eigenvalue weighted by Gasteiger charge is 2.47. The Labute approximate surface area is 66.0 Å². The van der Waals surface area contributed by atoms with Crippen LogP contribution in [0.5, 0.6) is 0 Å². The molecule has 1 heteroatoms. The fourth-order valence-electron chi connectivity index (χ4n) is 2.04. The zero-order valence-electron chi connectivity index (χ0n) is 6.50. The maximum atomic E-state index is 5.43. The molecule has 3 rings (SSSR count). The van der Waals surface area contributed by atoms with E-state index in [9.17, 15) is 0 Å². The maximum absolute atomic E-state index is 5.43. The predicted molar refractivity (Wildman–Crippen MR) is 42.5 cm³/mol. The van der Waals surface area contributed by atoms with Crippen LogP contribution in [0.1, 0.15) is 22.8 Å². The summed E-state index contributed by atoms with van der Waals surface area (Å²) in [6, 6.07) is 6.50. The fraction of sp³-hybridized carbons (Fsp3) is 0.400. The Bertz CT molecular complexity index is 317. The lowest BCUT2D eigenvalue weighted by molar-refractivity contribution is 0.360. The Morgan fingerprint density at radius 3 is 3.18 bits per heavy atom. The third-order valence-electron chi connectivity index (χ3n) is 2.74. The number of ether oxygens (including phenoxy) is 1. The van der Waals surface area contributed by atoms with Gasteiger partial charge >= 0.3 is 0 Å². The number of fused-ring (bicyclic) bond motifs is 3. The first-order valence-electron chi connectivity index (χ1n) is 4.10. The van der Waals surface area contributed by atoms with Crippen molar-refractivity contribution >= 4 is 0 Å². The summed E-state index contributed by atoms with van der Waals surface area (Å²) in [6.45, 7) is 2.18. The van der Waals surface area contributed by atoms with Gasteiger partial charge < -0.3 is 4.74 Å². The Hall–Kier alpha value is -0.820. The number of aryl methyl sites for hydroxylation is 1. The van der Waals surface area contributed by atoms with Gasteiger partial charge in [0.25, 0.3) is 0 Å². The molecule has 0 spiro atoms. The largest absolute Gasteiger partial charge is 0.364 e. The molecular formula is C10H10O. The molecule has 1 aromatic rings. The number of hydrogen-bond donors (Lipinski definition) is 0. The number of epoxide rings is 1. The van der Waals surface area contributed by atoms with E-state index in [1.807, 2.05) is 0 Å². The summed E-state index contributed by atoms with van der Waals surface area (Å²) in [5, 5.41) is 0. The molecule has 1 fully saturated rings. The number of hydrogen-bond acceptors (Lipinski definition) is 1. The van der Waals surface area contributed by atoms with Crippen molar-refractivity contribution in [3.05, 3.63) is 34.9 Å². The number of benzene rings is 1. The molecule has 0 unspecified atom stereocenters. The Morgan fingerprint density at radius 2 is 2.36 bits per heavy atom.